The highest BCUT2D eigenvalue weighted by atomic mass is 16.5. The molecule has 38 heavy (non-hydrogen) atoms. The fraction of sp³-hybridized carbons (Fsp3) is 0.516. The number of nitrogens with zero attached hydrogens (tertiary/aromatic N) is 4. The van der Waals surface area contributed by atoms with E-state index in [0.29, 0.717) is 36.8 Å². The van der Waals surface area contributed by atoms with Gasteiger partial charge in [-0.3, -0.25) is 0 Å². The van der Waals surface area contributed by atoms with Crippen molar-refractivity contribution in [3.8, 4) is 23.6 Å². The summed E-state index contributed by atoms with van der Waals surface area (Å²) in [5.41, 5.74) is 1.29. The molecule has 0 N–H and O–H groups in total. The van der Waals surface area contributed by atoms with Gasteiger partial charge in [0.15, 0.2) is 0 Å². The Bertz CT molecular complexity index is 1020. The van der Waals surface area contributed by atoms with Crippen molar-refractivity contribution in [3.63, 3.8) is 0 Å². The average molecular weight is 517 g/mol. The smallest absolute Gasteiger partial charge is 0.119 e. The minimum Gasteiger partial charge on any atom is -0.494 e. The molecule has 7 heteroatoms. The molecule has 1 fully saturated rings. The minimum atomic E-state index is 0.585. The Labute approximate surface area is 227 Å². The monoisotopic (exact) mass is 516 g/mol. The highest BCUT2D eigenvalue weighted by molar-refractivity contribution is 5.48. The number of carbonyl (C=O) groups is 1. The van der Waals surface area contributed by atoms with Crippen LogP contribution in [-0.2, 0) is 4.79 Å². The van der Waals surface area contributed by atoms with Gasteiger partial charge in [-0.25, -0.2) is 0 Å². The Hall–Kier alpha value is -3.39. The van der Waals surface area contributed by atoms with Crippen molar-refractivity contribution in [2.75, 3.05) is 45.9 Å². The summed E-state index contributed by atoms with van der Waals surface area (Å²) in [6.45, 7) is 6.65. The maximum atomic E-state index is 10.6. The quantitative estimate of drug-likeness (QED) is 0.211. The van der Waals surface area contributed by atoms with E-state index in [9.17, 15) is 4.79 Å². The number of nitriles is 2. The highest BCUT2D eigenvalue weighted by Crippen LogP contribution is 2.19. The topological polar surface area (TPSA) is 89.6 Å². The molecule has 0 radical (unpaired) electrons. The summed E-state index contributed by atoms with van der Waals surface area (Å²) in [6.07, 6.45) is 9.14. The second-order valence-corrected chi connectivity index (χ2v) is 9.80. The van der Waals surface area contributed by atoms with Crippen molar-refractivity contribution in [2.24, 2.45) is 0 Å². The third kappa shape index (κ3) is 10.5. The van der Waals surface area contributed by atoms with Crippen LogP contribution in [0.3, 0.4) is 0 Å². The molecule has 2 aromatic carbocycles. The first kappa shape index (κ1) is 29.2. The van der Waals surface area contributed by atoms with Crippen LogP contribution < -0.4 is 9.47 Å². The number of carbonyl (C=O) groups excluding carboxylic acids is 1. The van der Waals surface area contributed by atoms with Gasteiger partial charge in [0.2, 0.25) is 0 Å². The molecule has 1 aliphatic rings. The van der Waals surface area contributed by atoms with E-state index in [4.69, 9.17) is 20.0 Å². The van der Waals surface area contributed by atoms with E-state index in [2.05, 4.69) is 21.9 Å². The lowest BCUT2D eigenvalue weighted by atomic mass is 10.0. The Morgan fingerprint density at radius 2 is 1.34 bits per heavy atom. The van der Waals surface area contributed by atoms with Gasteiger partial charge in [-0.05, 0) is 107 Å². The first-order valence-corrected chi connectivity index (χ1v) is 13.9. The van der Waals surface area contributed by atoms with Gasteiger partial charge in [-0.2, -0.15) is 10.5 Å². The van der Waals surface area contributed by atoms with Crippen molar-refractivity contribution in [2.45, 2.75) is 57.4 Å². The zero-order valence-electron chi connectivity index (χ0n) is 22.4. The molecule has 0 aliphatic carbocycles. The Morgan fingerprint density at radius 3 is 1.89 bits per heavy atom. The number of unbranched alkanes of at least 4 members (excludes halogenated alkanes) is 3. The van der Waals surface area contributed by atoms with Crippen LogP contribution in [-0.4, -0.2) is 68.1 Å². The average Bonchev–Trinajstić information content (AvgIpc) is 2.97. The molecular weight excluding hydrogens is 476 g/mol. The molecule has 202 valence electrons. The number of piperidine rings is 1. The van der Waals surface area contributed by atoms with E-state index >= 15 is 0 Å². The molecule has 0 atom stereocenters. The van der Waals surface area contributed by atoms with Crippen molar-refractivity contribution in [1.82, 2.24) is 9.80 Å². The van der Waals surface area contributed by atoms with E-state index in [1.807, 2.05) is 24.3 Å². The van der Waals surface area contributed by atoms with Crippen LogP contribution in [0.2, 0.25) is 0 Å². The van der Waals surface area contributed by atoms with Crippen LogP contribution in [0.5, 0.6) is 11.5 Å². The fourth-order valence-corrected chi connectivity index (χ4v) is 4.89. The molecule has 1 aliphatic heterocycles. The zero-order chi connectivity index (χ0) is 26.8. The molecule has 0 unspecified atom stereocenters. The van der Waals surface area contributed by atoms with Crippen LogP contribution in [0, 0.1) is 22.7 Å². The number of likely N-dealkylation sites (tertiary alicyclic amines) is 1. The highest BCUT2D eigenvalue weighted by Gasteiger charge is 2.24. The Balaban J connectivity index is 1.37. The normalized spacial score (nSPS) is 14.1. The number of hydrogen-bond acceptors (Lipinski definition) is 7. The largest absolute Gasteiger partial charge is 0.494 e. The summed E-state index contributed by atoms with van der Waals surface area (Å²) in [7, 11) is 0. The lowest BCUT2D eigenvalue weighted by Gasteiger charge is -2.38. The summed E-state index contributed by atoms with van der Waals surface area (Å²) in [4.78, 5) is 15.8. The fourth-order valence-electron chi connectivity index (χ4n) is 4.89. The maximum Gasteiger partial charge on any atom is 0.119 e. The third-order valence-electron chi connectivity index (χ3n) is 7.05. The van der Waals surface area contributed by atoms with E-state index in [1.165, 1.54) is 12.8 Å². The summed E-state index contributed by atoms with van der Waals surface area (Å²) in [5, 5.41) is 17.8. The first-order chi connectivity index (χ1) is 18.7. The van der Waals surface area contributed by atoms with Gasteiger partial charge < -0.3 is 24.1 Å². The molecule has 0 saturated carbocycles. The summed E-state index contributed by atoms with van der Waals surface area (Å²) in [5.74, 6) is 1.62. The van der Waals surface area contributed by atoms with Crippen LogP contribution >= 0.6 is 0 Å². The van der Waals surface area contributed by atoms with Gasteiger partial charge >= 0.3 is 0 Å². The molecular formula is C31H40N4O3. The van der Waals surface area contributed by atoms with E-state index in [1.54, 1.807) is 24.3 Å². The van der Waals surface area contributed by atoms with Crippen molar-refractivity contribution < 1.29 is 14.3 Å². The van der Waals surface area contributed by atoms with Gasteiger partial charge in [-0.1, -0.05) is 6.42 Å². The molecule has 0 aromatic heterocycles. The first-order valence-electron chi connectivity index (χ1n) is 13.9. The Kier molecular flexibility index (Phi) is 13.2. The number of hydrogen-bond donors (Lipinski definition) is 0. The van der Waals surface area contributed by atoms with Gasteiger partial charge in [0.05, 0.1) is 36.5 Å². The summed E-state index contributed by atoms with van der Waals surface area (Å²) >= 11 is 0. The number of rotatable bonds is 17. The predicted octanol–water partition coefficient (Wildman–Crippen LogP) is 5.19. The van der Waals surface area contributed by atoms with Gasteiger partial charge in [0, 0.05) is 25.6 Å². The molecule has 0 bridgehead atoms. The number of ether oxygens (including phenoxy) is 2. The second kappa shape index (κ2) is 17.2. The van der Waals surface area contributed by atoms with E-state index < -0.39 is 0 Å². The Morgan fingerprint density at radius 1 is 0.789 bits per heavy atom. The van der Waals surface area contributed by atoms with E-state index in [0.717, 1.165) is 82.6 Å². The minimum absolute atomic E-state index is 0.585. The summed E-state index contributed by atoms with van der Waals surface area (Å²) in [6, 6.07) is 19.4. The molecule has 0 spiro atoms. The van der Waals surface area contributed by atoms with Gasteiger partial charge in [0.1, 0.15) is 17.8 Å². The molecule has 7 nitrogen and oxygen atoms in total. The molecule has 0 amide bonds. The lowest BCUT2D eigenvalue weighted by Crippen LogP contribution is -2.46. The van der Waals surface area contributed by atoms with Crippen LogP contribution in [0.25, 0.3) is 0 Å². The molecule has 2 aromatic rings. The van der Waals surface area contributed by atoms with Crippen molar-refractivity contribution in [3.05, 3.63) is 59.7 Å². The number of benzene rings is 2. The lowest BCUT2D eigenvalue weighted by molar-refractivity contribution is -0.107. The molecule has 1 saturated heterocycles. The van der Waals surface area contributed by atoms with Crippen LogP contribution in [0.4, 0.5) is 0 Å². The second-order valence-electron chi connectivity index (χ2n) is 9.80. The van der Waals surface area contributed by atoms with Gasteiger partial charge in [-0.15, -0.1) is 0 Å². The van der Waals surface area contributed by atoms with Crippen molar-refractivity contribution in [1.29, 1.82) is 10.5 Å². The van der Waals surface area contributed by atoms with Crippen molar-refractivity contribution >= 4 is 6.29 Å². The van der Waals surface area contributed by atoms with Crippen LogP contribution in [0.15, 0.2) is 48.5 Å². The standard InChI is InChI=1S/C31H40N4O3/c32-25-27-7-11-30(12-8-27)37-23-5-17-34-20-15-29(16-21-34)35(18-3-1-2-4-22-36)19-6-24-38-31-13-9-28(26-33)10-14-31/h7-14,22,29H,1-6,15-21,23-24H2. The summed E-state index contributed by atoms with van der Waals surface area (Å²) < 4.78 is 11.7. The molecule has 1 heterocycles. The maximum absolute atomic E-state index is 10.6. The number of aldehydes is 1. The van der Waals surface area contributed by atoms with E-state index in [-0.39, 0.29) is 0 Å². The third-order valence-corrected chi connectivity index (χ3v) is 7.05. The molecule has 3 rings (SSSR count). The van der Waals surface area contributed by atoms with Gasteiger partial charge in [0.25, 0.3) is 0 Å². The zero-order valence-corrected chi connectivity index (χ0v) is 22.4. The van der Waals surface area contributed by atoms with Crippen LogP contribution in [0.1, 0.15) is 62.5 Å². The predicted molar refractivity (Wildman–Crippen MR) is 148 cm³/mol. The SMILES string of the molecule is N#Cc1ccc(OCCCN2CCC(N(CCCCCC=O)CCCOc3ccc(C#N)cc3)CC2)cc1.